The van der Waals surface area contributed by atoms with Crippen LogP contribution < -0.4 is 15.4 Å². The topological polar surface area (TPSA) is 53.6 Å². The number of urea groups is 1. The van der Waals surface area contributed by atoms with Crippen molar-refractivity contribution in [2.24, 2.45) is 5.92 Å². The number of benzene rings is 1. The van der Waals surface area contributed by atoms with Gasteiger partial charge in [-0.2, -0.15) is 0 Å². The van der Waals surface area contributed by atoms with Gasteiger partial charge in [0.25, 0.3) is 0 Å². The molecule has 27 heavy (non-hydrogen) atoms. The Labute approximate surface area is 163 Å². The van der Waals surface area contributed by atoms with Crippen LogP contribution in [-0.4, -0.2) is 50.3 Å². The average Bonchev–Trinajstić information content (AvgIpc) is 2.67. The van der Waals surface area contributed by atoms with E-state index < -0.39 is 0 Å². The summed E-state index contributed by atoms with van der Waals surface area (Å²) in [5, 5.41) is 6.30. The lowest BCUT2D eigenvalue weighted by Crippen LogP contribution is -2.49. The Morgan fingerprint density at radius 3 is 2.74 bits per heavy atom. The van der Waals surface area contributed by atoms with Gasteiger partial charge < -0.3 is 20.3 Å². The van der Waals surface area contributed by atoms with E-state index in [2.05, 4.69) is 41.5 Å². The summed E-state index contributed by atoms with van der Waals surface area (Å²) in [7, 11) is 1.71. The van der Waals surface area contributed by atoms with E-state index in [1.165, 1.54) is 17.5 Å². The predicted molar refractivity (Wildman–Crippen MR) is 110 cm³/mol. The minimum atomic E-state index is -0.0158. The van der Waals surface area contributed by atoms with Gasteiger partial charge in [-0.1, -0.05) is 19.9 Å². The second-order valence-corrected chi connectivity index (χ2v) is 8.48. The van der Waals surface area contributed by atoms with Crippen molar-refractivity contribution >= 4 is 6.03 Å². The van der Waals surface area contributed by atoms with E-state index in [1.54, 1.807) is 7.11 Å². The number of amides is 2. The number of hydrogen-bond acceptors (Lipinski definition) is 3. The summed E-state index contributed by atoms with van der Waals surface area (Å²) in [6, 6.07) is 6.63. The number of carbonyl (C=O) groups is 1. The number of ether oxygens (including phenoxy) is 1. The molecule has 1 unspecified atom stereocenters. The van der Waals surface area contributed by atoms with Crippen LogP contribution in [0.15, 0.2) is 18.2 Å². The monoisotopic (exact) mass is 373 g/mol. The molecular weight excluding hydrogens is 338 g/mol. The van der Waals surface area contributed by atoms with Gasteiger partial charge in [-0.05, 0) is 61.3 Å². The highest BCUT2D eigenvalue weighted by Gasteiger charge is 2.23. The fourth-order valence-corrected chi connectivity index (χ4v) is 4.46. The van der Waals surface area contributed by atoms with E-state index in [0.29, 0.717) is 24.4 Å². The van der Waals surface area contributed by atoms with Crippen molar-refractivity contribution < 1.29 is 9.53 Å². The molecule has 5 nitrogen and oxygen atoms in total. The predicted octanol–water partition coefficient (Wildman–Crippen LogP) is 3.53. The maximum absolute atomic E-state index is 12.4. The first-order chi connectivity index (χ1) is 13.0. The molecule has 1 atom stereocenters. The number of likely N-dealkylation sites (tertiary alicyclic amines) is 1. The van der Waals surface area contributed by atoms with Crippen molar-refractivity contribution in [3.8, 4) is 5.75 Å². The number of fused-ring (bicyclic) bond motifs is 1. The van der Waals surface area contributed by atoms with Gasteiger partial charge in [0, 0.05) is 38.1 Å². The van der Waals surface area contributed by atoms with Crippen molar-refractivity contribution in [2.75, 3.05) is 33.3 Å². The smallest absolute Gasteiger partial charge is 0.315 e. The minimum absolute atomic E-state index is 0.0158. The van der Waals surface area contributed by atoms with E-state index in [9.17, 15) is 4.79 Å². The molecule has 5 heteroatoms. The fourth-order valence-electron chi connectivity index (χ4n) is 4.46. The maximum Gasteiger partial charge on any atom is 0.315 e. The zero-order chi connectivity index (χ0) is 19.2. The molecule has 0 aromatic heterocycles. The normalized spacial score (nSPS) is 21.0. The Morgan fingerprint density at radius 2 is 2.04 bits per heavy atom. The lowest BCUT2D eigenvalue weighted by Gasteiger charge is -2.33. The Balaban J connectivity index is 1.44. The number of piperidine rings is 1. The molecule has 1 fully saturated rings. The summed E-state index contributed by atoms with van der Waals surface area (Å²) in [5.41, 5.74) is 2.73. The number of nitrogens with one attached hydrogen (secondary N) is 2. The molecule has 2 amide bonds. The molecule has 3 rings (SSSR count). The van der Waals surface area contributed by atoms with Gasteiger partial charge >= 0.3 is 6.03 Å². The third kappa shape index (κ3) is 5.61. The Kier molecular flexibility index (Phi) is 7.00. The molecule has 1 saturated heterocycles. The van der Waals surface area contributed by atoms with Crippen LogP contribution in [-0.2, 0) is 6.42 Å². The second kappa shape index (κ2) is 9.45. The summed E-state index contributed by atoms with van der Waals surface area (Å²) >= 11 is 0. The van der Waals surface area contributed by atoms with E-state index in [0.717, 1.165) is 51.1 Å². The van der Waals surface area contributed by atoms with Gasteiger partial charge in [0.1, 0.15) is 5.75 Å². The van der Waals surface area contributed by atoms with Gasteiger partial charge in [-0.3, -0.25) is 0 Å². The van der Waals surface area contributed by atoms with Crippen LogP contribution in [0.1, 0.15) is 56.6 Å². The van der Waals surface area contributed by atoms with Gasteiger partial charge in [0.05, 0.1) is 7.11 Å². The molecule has 0 spiro atoms. The SMILES string of the molecule is COc1ccc2c(c1)CCCC2CNC(=O)NC1CCN(CC(C)C)CC1. The molecule has 0 bridgehead atoms. The van der Waals surface area contributed by atoms with Crippen LogP contribution in [0.25, 0.3) is 0 Å². The van der Waals surface area contributed by atoms with Crippen LogP contribution in [0.3, 0.4) is 0 Å². The number of methoxy groups -OCH3 is 1. The first kappa shape index (κ1) is 20.0. The molecule has 2 N–H and O–H groups in total. The molecule has 2 aliphatic rings. The summed E-state index contributed by atoms with van der Waals surface area (Å²) in [5.74, 6) is 2.03. The second-order valence-electron chi connectivity index (χ2n) is 8.48. The van der Waals surface area contributed by atoms with E-state index in [4.69, 9.17) is 4.74 Å². The van der Waals surface area contributed by atoms with Gasteiger partial charge in [-0.25, -0.2) is 4.79 Å². The number of hydrogen-bond donors (Lipinski definition) is 2. The summed E-state index contributed by atoms with van der Waals surface area (Å²) < 4.78 is 5.34. The van der Waals surface area contributed by atoms with Crippen LogP contribution in [0.5, 0.6) is 5.75 Å². The molecule has 1 aromatic rings. The Bertz CT molecular complexity index is 624. The Hall–Kier alpha value is -1.75. The molecule has 1 aliphatic heterocycles. The standard InChI is InChI=1S/C22H35N3O2/c1-16(2)15-25-11-9-19(10-12-25)24-22(26)23-14-18-6-4-5-17-13-20(27-3)7-8-21(17)18/h7-8,13,16,18-19H,4-6,9-12,14-15H2,1-3H3,(H2,23,24,26). The highest BCUT2D eigenvalue weighted by atomic mass is 16.5. The van der Waals surface area contributed by atoms with E-state index >= 15 is 0 Å². The average molecular weight is 374 g/mol. The van der Waals surface area contributed by atoms with Gasteiger partial charge in [0.2, 0.25) is 0 Å². The van der Waals surface area contributed by atoms with E-state index in [1.807, 2.05) is 6.07 Å². The minimum Gasteiger partial charge on any atom is -0.497 e. The molecule has 0 radical (unpaired) electrons. The summed E-state index contributed by atoms with van der Waals surface area (Å²) in [6.45, 7) is 8.55. The van der Waals surface area contributed by atoms with Crippen molar-refractivity contribution in [3.63, 3.8) is 0 Å². The zero-order valence-corrected chi connectivity index (χ0v) is 17.1. The number of carbonyl (C=O) groups excluding carboxylic acids is 1. The third-order valence-corrected chi connectivity index (χ3v) is 5.84. The maximum atomic E-state index is 12.4. The Morgan fingerprint density at radius 1 is 1.26 bits per heavy atom. The first-order valence-electron chi connectivity index (χ1n) is 10.5. The van der Waals surface area contributed by atoms with Gasteiger partial charge in [-0.15, -0.1) is 0 Å². The fraction of sp³-hybridized carbons (Fsp3) is 0.682. The molecule has 1 heterocycles. The third-order valence-electron chi connectivity index (χ3n) is 5.84. The van der Waals surface area contributed by atoms with Gasteiger partial charge in [0.15, 0.2) is 0 Å². The van der Waals surface area contributed by atoms with Crippen molar-refractivity contribution in [1.29, 1.82) is 0 Å². The number of rotatable bonds is 6. The van der Waals surface area contributed by atoms with Crippen LogP contribution in [0, 0.1) is 5.92 Å². The quantitative estimate of drug-likeness (QED) is 0.802. The lowest BCUT2D eigenvalue weighted by molar-refractivity contribution is 0.178. The van der Waals surface area contributed by atoms with Crippen LogP contribution in [0.4, 0.5) is 4.79 Å². The largest absolute Gasteiger partial charge is 0.497 e. The highest BCUT2D eigenvalue weighted by molar-refractivity contribution is 5.74. The number of nitrogens with zero attached hydrogens (tertiary/aromatic N) is 1. The van der Waals surface area contributed by atoms with Crippen LogP contribution >= 0.6 is 0 Å². The van der Waals surface area contributed by atoms with E-state index in [-0.39, 0.29) is 6.03 Å². The molecular formula is C22H35N3O2. The van der Waals surface area contributed by atoms with Crippen molar-refractivity contribution in [3.05, 3.63) is 29.3 Å². The summed E-state index contributed by atoms with van der Waals surface area (Å²) in [6.07, 6.45) is 5.50. The molecule has 0 saturated carbocycles. The summed E-state index contributed by atoms with van der Waals surface area (Å²) in [4.78, 5) is 14.9. The first-order valence-corrected chi connectivity index (χ1v) is 10.5. The van der Waals surface area contributed by atoms with Crippen molar-refractivity contribution in [2.45, 2.75) is 57.9 Å². The zero-order valence-electron chi connectivity index (χ0n) is 17.1. The molecule has 1 aliphatic carbocycles. The number of aryl methyl sites for hydroxylation is 1. The van der Waals surface area contributed by atoms with Crippen molar-refractivity contribution in [1.82, 2.24) is 15.5 Å². The highest BCUT2D eigenvalue weighted by Crippen LogP contribution is 2.33. The lowest BCUT2D eigenvalue weighted by atomic mass is 9.82. The molecule has 1 aromatic carbocycles. The van der Waals surface area contributed by atoms with Crippen LogP contribution in [0.2, 0.25) is 0 Å². The molecule has 150 valence electrons.